The number of nitrogens with zero attached hydrogens (tertiary/aromatic N) is 3. The second-order valence-corrected chi connectivity index (χ2v) is 4.90. The maximum Gasteiger partial charge on any atom is 0.125 e. The van der Waals surface area contributed by atoms with E-state index in [4.69, 9.17) is 0 Å². The highest BCUT2D eigenvalue weighted by atomic mass is 15.1. The molecule has 0 saturated heterocycles. The zero-order valence-electron chi connectivity index (χ0n) is 11.1. The highest BCUT2D eigenvalue weighted by Crippen LogP contribution is 2.21. The van der Waals surface area contributed by atoms with Crippen molar-refractivity contribution >= 4 is 5.57 Å². The molecule has 1 aromatic heterocycles. The molecule has 0 unspecified atom stereocenters. The molecular formula is C16H17N3. The van der Waals surface area contributed by atoms with Gasteiger partial charge in [-0.1, -0.05) is 36.4 Å². The number of aromatic nitrogens is 2. The Morgan fingerprint density at radius 3 is 2.58 bits per heavy atom. The molecule has 3 heteroatoms. The van der Waals surface area contributed by atoms with Gasteiger partial charge in [0.05, 0.1) is 0 Å². The first-order chi connectivity index (χ1) is 9.31. The summed E-state index contributed by atoms with van der Waals surface area (Å²) in [5.74, 6) is 0.823. The van der Waals surface area contributed by atoms with Gasteiger partial charge in [-0.25, -0.2) is 9.97 Å². The average Bonchev–Trinajstić information content (AvgIpc) is 2.89. The predicted octanol–water partition coefficient (Wildman–Crippen LogP) is 2.68. The lowest BCUT2D eigenvalue weighted by molar-refractivity contribution is 0.348. The summed E-state index contributed by atoms with van der Waals surface area (Å²) in [6.45, 7) is 4.88. The van der Waals surface area contributed by atoms with Gasteiger partial charge in [-0.05, 0) is 18.1 Å². The second kappa shape index (κ2) is 5.33. The first kappa shape index (κ1) is 12.1. The van der Waals surface area contributed by atoms with Crippen LogP contribution in [0.5, 0.6) is 0 Å². The van der Waals surface area contributed by atoms with Crippen LogP contribution in [0, 0.1) is 6.92 Å². The summed E-state index contributed by atoms with van der Waals surface area (Å²) in [5.41, 5.74) is 3.83. The van der Waals surface area contributed by atoms with Crippen molar-refractivity contribution in [3.8, 4) is 0 Å². The quantitative estimate of drug-likeness (QED) is 0.840. The molecule has 19 heavy (non-hydrogen) atoms. The molecule has 0 saturated carbocycles. The van der Waals surface area contributed by atoms with E-state index in [0.717, 1.165) is 31.0 Å². The number of hydrogen-bond acceptors (Lipinski definition) is 3. The van der Waals surface area contributed by atoms with Crippen LogP contribution < -0.4 is 0 Å². The van der Waals surface area contributed by atoms with E-state index in [0.29, 0.717) is 0 Å². The summed E-state index contributed by atoms with van der Waals surface area (Å²) in [6.07, 6.45) is 6.11. The fourth-order valence-corrected chi connectivity index (χ4v) is 2.34. The van der Waals surface area contributed by atoms with E-state index < -0.39 is 0 Å². The van der Waals surface area contributed by atoms with E-state index in [2.05, 4.69) is 51.3 Å². The number of aryl methyl sites for hydroxylation is 1. The number of rotatable bonds is 3. The van der Waals surface area contributed by atoms with E-state index >= 15 is 0 Å². The molecule has 0 aliphatic carbocycles. The van der Waals surface area contributed by atoms with Crippen molar-refractivity contribution in [2.45, 2.75) is 13.5 Å². The molecule has 1 aromatic carbocycles. The molecule has 0 spiro atoms. The van der Waals surface area contributed by atoms with Gasteiger partial charge in [0, 0.05) is 37.6 Å². The molecule has 2 aromatic rings. The Labute approximate surface area is 113 Å². The van der Waals surface area contributed by atoms with Crippen LogP contribution in [0.4, 0.5) is 0 Å². The highest BCUT2D eigenvalue weighted by molar-refractivity contribution is 5.67. The third-order valence-corrected chi connectivity index (χ3v) is 3.39. The van der Waals surface area contributed by atoms with E-state index in [9.17, 15) is 0 Å². The van der Waals surface area contributed by atoms with Gasteiger partial charge in [-0.15, -0.1) is 0 Å². The van der Waals surface area contributed by atoms with E-state index in [1.54, 1.807) is 0 Å². The summed E-state index contributed by atoms with van der Waals surface area (Å²) < 4.78 is 0. The Morgan fingerprint density at radius 1 is 1.11 bits per heavy atom. The van der Waals surface area contributed by atoms with Crippen molar-refractivity contribution in [2.75, 3.05) is 13.1 Å². The molecule has 2 heterocycles. The molecule has 0 amide bonds. The average molecular weight is 251 g/mol. The third kappa shape index (κ3) is 2.88. The topological polar surface area (TPSA) is 29.0 Å². The third-order valence-electron chi connectivity index (χ3n) is 3.39. The van der Waals surface area contributed by atoms with Crippen LogP contribution >= 0.6 is 0 Å². The van der Waals surface area contributed by atoms with E-state index in [1.165, 1.54) is 11.1 Å². The van der Waals surface area contributed by atoms with Gasteiger partial charge in [0.2, 0.25) is 0 Å². The Balaban J connectivity index is 1.65. The molecule has 3 rings (SSSR count). The Morgan fingerprint density at radius 2 is 1.84 bits per heavy atom. The van der Waals surface area contributed by atoms with Gasteiger partial charge >= 0.3 is 0 Å². The van der Waals surface area contributed by atoms with E-state index in [1.807, 2.05) is 19.3 Å². The van der Waals surface area contributed by atoms with Gasteiger partial charge in [0.1, 0.15) is 5.82 Å². The minimum absolute atomic E-state index is 0.823. The molecule has 3 nitrogen and oxygen atoms in total. The number of hydrogen-bond donors (Lipinski definition) is 0. The Bertz CT molecular complexity index is 573. The first-order valence-corrected chi connectivity index (χ1v) is 6.55. The molecule has 0 fully saturated rings. The zero-order valence-corrected chi connectivity index (χ0v) is 11.1. The summed E-state index contributed by atoms with van der Waals surface area (Å²) in [5, 5.41) is 0. The number of benzene rings is 1. The molecular weight excluding hydrogens is 234 g/mol. The van der Waals surface area contributed by atoms with Crippen LogP contribution in [0.1, 0.15) is 17.0 Å². The lowest BCUT2D eigenvalue weighted by Gasteiger charge is -2.15. The summed E-state index contributed by atoms with van der Waals surface area (Å²) >= 11 is 0. The predicted molar refractivity (Wildman–Crippen MR) is 76.5 cm³/mol. The van der Waals surface area contributed by atoms with Crippen LogP contribution in [-0.4, -0.2) is 28.0 Å². The zero-order chi connectivity index (χ0) is 13.1. The fourth-order valence-electron chi connectivity index (χ4n) is 2.34. The summed E-state index contributed by atoms with van der Waals surface area (Å²) in [6, 6.07) is 10.6. The normalized spacial score (nSPS) is 15.5. The van der Waals surface area contributed by atoms with Crippen molar-refractivity contribution < 1.29 is 0 Å². The molecule has 0 radical (unpaired) electrons. The molecule has 1 aliphatic rings. The van der Waals surface area contributed by atoms with Crippen molar-refractivity contribution in [1.82, 2.24) is 14.9 Å². The highest BCUT2D eigenvalue weighted by Gasteiger charge is 2.15. The van der Waals surface area contributed by atoms with Gasteiger partial charge in [-0.2, -0.15) is 0 Å². The van der Waals surface area contributed by atoms with Gasteiger partial charge in [0.25, 0.3) is 0 Å². The molecule has 1 aliphatic heterocycles. The van der Waals surface area contributed by atoms with E-state index in [-0.39, 0.29) is 0 Å². The minimum Gasteiger partial charge on any atom is -0.291 e. The van der Waals surface area contributed by atoms with Gasteiger partial charge in [-0.3, -0.25) is 4.90 Å². The van der Waals surface area contributed by atoms with Crippen LogP contribution in [-0.2, 0) is 6.54 Å². The second-order valence-electron chi connectivity index (χ2n) is 4.90. The first-order valence-electron chi connectivity index (χ1n) is 6.55. The molecule has 0 N–H and O–H groups in total. The molecule has 0 bridgehead atoms. The maximum absolute atomic E-state index is 4.26. The summed E-state index contributed by atoms with van der Waals surface area (Å²) in [4.78, 5) is 10.9. The standard InChI is InChI=1S/C16H17N3/c1-13-17-9-16(10-18-13)15-7-8-19(12-15)11-14-5-3-2-4-6-14/h2-7,9-10H,8,11-12H2,1H3. The van der Waals surface area contributed by atoms with Crippen LogP contribution in [0.3, 0.4) is 0 Å². The lowest BCUT2D eigenvalue weighted by Crippen LogP contribution is -2.20. The SMILES string of the molecule is Cc1ncc(C2=CCN(Cc3ccccc3)C2)cn1. The van der Waals surface area contributed by atoms with Crippen LogP contribution in [0.2, 0.25) is 0 Å². The molecule has 0 atom stereocenters. The van der Waals surface area contributed by atoms with Crippen molar-refractivity contribution in [2.24, 2.45) is 0 Å². The Kier molecular flexibility index (Phi) is 3.38. The van der Waals surface area contributed by atoms with Crippen molar-refractivity contribution in [1.29, 1.82) is 0 Å². The fraction of sp³-hybridized carbons (Fsp3) is 0.250. The Hall–Kier alpha value is -2.00. The van der Waals surface area contributed by atoms with Gasteiger partial charge < -0.3 is 0 Å². The van der Waals surface area contributed by atoms with Crippen molar-refractivity contribution in [3.63, 3.8) is 0 Å². The largest absolute Gasteiger partial charge is 0.291 e. The summed E-state index contributed by atoms with van der Waals surface area (Å²) in [7, 11) is 0. The maximum atomic E-state index is 4.26. The molecule has 96 valence electrons. The van der Waals surface area contributed by atoms with Crippen molar-refractivity contribution in [3.05, 3.63) is 65.8 Å². The monoisotopic (exact) mass is 251 g/mol. The van der Waals surface area contributed by atoms with Crippen LogP contribution in [0.25, 0.3) is 5.57 Å². The minimum atomic E-state index is 0.823. The van der Waals surface area contributed by atoms with Gasteiger partial charge in [0.15, 0.2) is 0 Å². The van der Waals surface area contributed by atoms with Crippen LogP contribution in [0.15, 0.2) is 48.8 Å². The smallest absolute Gasteiger partial charge is 0.125 e. The lowest BCUT2D eigenvalue weighted by atomic mass is 10.1.